The summed E-state index contributed by atoms with van der Waals surface area (Å²) >= 11 is 0. The summed E-state index contributed by atoms with van der Waals surface area (Å²) < 4.78 is 0. The number of carboxylic acids is 1. The lowest BCUT2D eigenvalue weighted by atomic mass is 10.0. The molecule has 0 aromatic carbocycles. The highest BCUT2D eigenvalue weighted by atomic mass is 16.4. The Kier molecular flexibility index (Phi) is 3.75. The van der Waals surface area contributed by atoms with Gasteiger partial charge in [0, 0.05) is 31.7 Å². The first-order valence-electron chi connectivity index (χ1n) is 6.46. The third-order valence-electron chi connectivity index (χ3n) is 3.88. The van der Waals surface area contributed by atoms with Crippen LogP contribution in [0.1, 0.15) is 19.8 Å². The Morgan fingerprint density at radius 1 is 1.44 bits per heavy atom. The molecule has 0 bridgehead atoms. The summed E-state index contributed by atoms with van der Waals surface area (Å²) in [7, 11) is 2.08. The number of amides is 2. The molecular formula is C12H21N3O3. The van der Waals surface area contributed by atoms with Gasteiger partial charge in [0.2, 0.25) is 0 Å². The zero-order chi connectivity index (χ0) is 13.3. The van der Waals surface area contributed by atoms with Gasteiger partial charge in [-0.3, -0.25) is 9.69 Å². The second-order valence-electron chi connectivity index (χ2n) is 5.37. The molecule has 1 aliphatic carbocycles. The second kappa shape index (κ2) is 5.14. The number of likely N-dealkylation sites (tertiary alicyclic amines) is 1. The van der Waals surface area contributed by atoms with Gasteiger partial charge in [-0.1, -0.05) is 0 Å². The number of nitrogens with one attached hydrogen (secondary N) is 1. The number of carbonyl (C=O) groups is 2. The molecule has 2 aliphatic rings. The largest absolute Gasteiger partial charge is 0.481 e. The SMILES string of the molecule is CC(CNC(=O)N1CC(C(=O)O)C1)N(C)C1CC1. The maximum Gasteiger partial charge on any atom is 0.317 e. The molecule has 1 saturated heterocycles. The fourth-order valence-corrected chi connectivity index (χ4v) is 2.13. The van der Waals surface area contributed by atoms with Crippen LogP contribution in [0.4, 0.5) is 4.79 Å². The highest BCUT2D eigenvalue weighted by molar-refractivity contribution is 5.79. The molecule has 1 heterocycles. The Bertz CT molecular complexity index is 337. The van der Waals surface area contributed by atoms with Crippen LogP contribution >= 0.6 is 0 Å². The highest BCUT2D eigenvalue weighted by Gasteiger charge is 2.36. The summed E-state index contributed by atoms with van der Waals surface area (Å²) in [6.07, 6.45) is 2.50. The molecular weight excluding hydrogens is 234 g/mol. The summed E-state index contributed by atoms with van der Waals surface area (Å²) in [5, 5.41) is 11.6. The van der Waals surface area contributed by atoms with Gasteiger partial charge in [-0.05, 0) is 26.8 Å². The molecule has 6 heteroatoms. The number of carbonyl (C=O) groups excluding carboxylic acids is 1. The molecule has 1 unspecified atom stereocenters. The van der Waals surface area contributed by atoms with Crippen molar-refractivity contribution in [2.24, 2.45) is 5.92 Å². The monoisotopic (exact) mass is 255 g/mol. The van der Waals surface area contributed by atoms with E-state index in [-0.39, 0.29) is 11.9 Å². The Morgan fingerprint density at radius 3 is 2.56 bits per heavy atom. The first-order valence-corrected chi connectivity index (χ1v) is 6.46. The van der Waals surface area contributed by atoms with Crippen molar-refractivity contribution in [2.45, 2.75) is 31.8 Å². The number of aliphatic carboxylic acids is 1. The van der Waals surface area contributed by atoms with Gasteiger partial charge in [-0.15, -0.1) is 0 Å². The minimum Gasteiger partial charge on any atom is -0.481 e. The fraction of sp³-hybridized carbons (Fsp3) is 0.833. The molecule has 6 nitrogen and oxygen atoms in total. The number of likely N-dealkylation sites (N-methyl/N-ethyl adjacent to an activating group) is 1. The van der Waals surface area contributed by atoms with Crippen molar-refractivity contribution in [1.29, 1.82) is 0 Å². The van der Waals surface area contributed by atoms with E-state index in [9.17, 15) is 9.59 Å². The average Bonchev–Trinajstić information content (AvgIpc) is 3.05. The van der Waals surface area contributed by atoms with Crippen molar-refractivity contribution in [1.82, 2.24) is 15.1 Å². The lowest BCUT2D eigenvalue weighted by molar-refractivity contribution is -0.146. The zero-order valence-electron chi connectivity index (χ0n) is 10.9. The van der Waals surface area contributed by atoms with Crippen LogP contribution in [0, 0.1) is 5.92 Å². The minimum atomic E-state index is -0.819. The molecule has 2 fully saturated rings. The van der Waals surface area contributed by atoms with Gasteiger partial charge in [-0.25, -0.2) is 4.79 Å². The van der Waals surface area contributed by atoms with Crippen molar-refractivity contribution >= 4 is 12.0 Å². The molecule has 1 saturated carbocycles. The van der Waals surface area contributed by atoms with Crippen molar-refractivity contribution in [3.05, 3.63) is 0 Å². The van der Waals surface area contributed by atoms with Gasteiger partial charge >= 0.3 is 12.0 Å². The molecule has 0 aromatic heterocycles. The zero-order valence-corrected chi connectivity index (χ0v) is 10.9. The number of hydrogen-bond acceptors (Lipinski definition) is 3. The van der Waals surface area contributed by atoms with Crippen LogP contribution in [-0.4, -0.2) is 65.7 Å². The van der Waals surface area contributed by atoms with E-state index in [2.05, 4.69) is 24.2 Å². The van der Waals surface area contributed by atoms with Crippen LogP contribution in [0.5, 0.6) is 0 Å². The summed E-state index contributed by atoms with van der Waals surface area (Å²) in [5.74, 6) is -1.21. The smallest absolute Gasteiger partial charge is 0.317 e. The van der Waals surface area contributed by atoms with E-state index in [0.717, 1.165) is 0 Å². The standard InChI is InChI=1S/C12H21N3O3/c1-8(14(2)10-3-4-10)5-13-12(18)15-6-9(7-15)11(16)17/h8-10H,3-7H2,1-2H3,(H,13,18)(H,16,17). The molecule has 2 rings (SSSR count). The lowest BCUT2D eigenvalue weighted by Gasteiger charge is -2.37. The summed E-state index contributed by atoms with van der Waals surface area (Å²) in [6, 6.07) is 0.846. The van der Waals surface area contributed by atoms with E-state index in [1.54, 1.807) is 4.90 Å². The third-order valence-corrected chi connectivity index (χ3v) is 3.88. The van der Waals surface area contributed by atoms with Gasteiger partial charge in [0.15, 0.2) is 0 Å². The van der Waals surface area contributed by atoms with Crippen LogP contribution in [-0.2, 0) is 4.79 Å². The van der Waals surface area contributed by atoms with E-state index in [0.29, 0.717) is 31.7 Å². The van der Waals surface area contributed by atoms with Crippen molar-refractivity contribution in [3.63, 3.8) is 0 Å². The first-order chi connectivity index (χ1) is 8.49. The number of rotatable bonds is 5. The van der Waals surface area contributed by atoms with Crippen LogP contribution < -0.4 is 5.32 Å². The third kappa shape index (κ3) is 2.93. The minimum absolute atomic E-state index is 0.149. The van der Waals surface area contributed by atoms with E-state index in [4.69, 9.17) is 5.11 Å². The fourth-order valence-electron chi connectivity index (χ4n) is 2.13. The van der Waals surface area contributed by atoms with E-state index >= 15 is 0 Å². The first kappa shape index (κ1) is 13.1. The number of urea groups is 1. The molecule has 2 amide bonds. The average molecular weight is 255 g/mol. The van der Waals surface area contributed by atoms with Gasteiger partial charge < -0.3 is 15.3 Å². The normalized spacial score (nSPS) is 21.6. The number of hydrogen-bond donors (Lipinski definition) is 2. The quantitative estimate of drug-likeness (QED) is 0.736. The summed E-state index contributed by atoms with van der Waals surface area (Å²) in [5.41, 5.74) is 0. The van der Waals surface area contributed by atoms with Crippen LogP contribution in [0.15, 0.2) is 0 Å². The molecule has 0 spiro atoms. The molecule has 102 valence electrons. The van der Waals surface area contributed by atoms with E-state index < -0.39 is 5.97 Å². The predicted octanol–water partition coefficient (Wildman–Crippen LogP) is 0.195. The predicted molar refractivity (Wildman–Crippen MR) is 66.3 cm³/mol. The molecule has 1 aliphatic heterocycles. The van der Waals surface area contributed by atoms with E-state index in [1.165, 1.54) is 12.8 Å². The van der Waals surface area contributed by atoms with Crippen LogP contribution in [0.25, 0.3) is 0 Å². The Hall–Kier alpha value is -1.30. The van der Waals surface area contributed by atoms with Gasteiger partial charge in [0.1, 0.15) is 0 Å². The van der Waals surface area contributed by atoms with Crippen molar-refractivity contribution < 1.29 is 14.7 Å². The number of nitrogens with zero attached hydrogens (tertiary/aromatic N) is 2. The molecule has 0 radical (unpaired) electrons. The molecule has 2 N–H and O–H groups in total. The maximum absolute atomic E-state index is 11.7. The Morgan fingerprint density at radius 2 is 2.06 bits per heavy atom. The van der Waals surface area contributed by atoms with Crippen molar-refractivity contribution in [3.8, 4) is 0 Å². The Labute approximate surface area is 107 Å². The molecule has 1 atom stereocenters. The highest BCUT2D eigenvalue weighted by Crippen LogP contribution is 2.26. The molecule has 18 heavy (non-hydrogen) atoms. The van der Waals surface area contributed by atoms with Crippen LogP contribution in [0.2, 0.25) is 0 Å². The topological polar surface area (TPSA) is 72.9 Å². The van der Waals surface area contributed by atoms with Crippen molar-refractivity contribution in [2.75, 3.05) is 26.7 Å². The Balaban J connectivity index is 1.64. The summed E-state index contributed by atoms with van der Waals surface area (Å²) in [6.45, 7) is 3.36. The van der Waals surface area contributed by atoms with Gasteiger partial charge in [0.25, 0.3) is 0 Å². The van der Waals surface area contributed by atoms with Gasteiger partial charge in [-0.2, -0.15) is 0 Å². The molecule has 0 aromatic rings. The summed E-state index contributed by atoms with van der Waals surface area (Å²) in [4.78, 5) is 26.2. The maximum atomic E-state index is 11.7. The van der Waals surface area contributed by atoms with Crippen LogP contribution in [0.3, 0.4) is 0 Å². The number of carboxylic acid groups (broad SMARTS) is 1. The lowest BCUT2D eigenvalue weighted by Crippen LogP contribution is -2.57. The van der Waals surface area contributed by atoms with E-state index in [1.807, 2.05) is 0 Å². The second-order valence-corrected chi connectivity index (χ2v) is 5.37. The van der Waals surface area contributed by atoms with Gasteiger partial charge in [0.05, 0.1) is 5.92 Å².